The molecule has 1 N–H and O–H groups in total. The monoisotopic (exact) mass is 544 g/mol. The number of aromatic nitrogens is 1. The van der Waals surface area contributed by atoms with E-state index in [2.05, 4.69) is 25.5 Å². The number of hydrogen-bond acceptors (Lipinski definition) is 6. The normalized spacial score (nSPS) is 12.9. The molecule has 0 aliphatic heterocycles. The maximum atomic E-state index is 13.6. The van der Waals surface area contributed by atoms with Crippen LogP contribution in [0.5, 0.6) is 0 Å². The second-order valence-corrected chi connectivity index (χ2v) is 14.1. The minimum atomic E-state index is -3.33. The highest BCUT2D eigenvalue weighted by molar-refractivity contribution is 7.98. The molecule has 0 aliphatic carbocycles. The number of aryl methyl sites for hydroxylation is 1. The standard InChI is InChI=1S/C28H33FN2O4S2/c1-7-37(34,35)17-19-8-13-22(27(33)20-9-11-21(29)12-10-20)24(14-19)25-16-31(6)26(32)15-23(25)18(2)30-36-28(3,4)5/h8-16,18,30H,7,17H2,1-6H3/t18-/m0/s1. The highest BCUT2D eigenvalue weighted by atomic mass is 32.2. The van der Waals surface area contributed by atoms with Gasteiger partial charge >= 0.3 is 0 Å². The zero-order valence-corrected chi connectivity index (χ0v) is 23.6. The van der Waals surface area contributed by atoms with Gasteiger partial charge in [-0.05, 0) is 74.7 Å². The fourth-order valence-corrected chi connectivity index (χ4v) is 5.32. The number of carbonyl (C=O) groups excluding carboxylic acids is 1. The maximum absolute atomic E-state index is 13.6. The molecule has 198 valence electrons. The number of hydrogen-bond donors (Lipinski definition) is 1. The summed E-state index contributed by atoms with van der Waals surface area (Å²) in [5.74, 6) is -0.955. The number of sulfone groups is 1. The average Bonchev–Trinajstić information content (AvgIpc) is 2.83. The number of benzene rings is 2. The van der Waals surface area contributed by atoms with Gasteiger partial charge in [0.2, 0.25) is 0 Å². The van der Waals surface area contributed by atoms with Crippen molar-refractivity contribution in [2.24, 2.45) is 7.05 Å². The minimum absolute atomic E-state index is 0.00529. The number of nitrogens with zero attached hydrogens (tertiary/aromatic N) is 1. The topological polar surface area (TPSA) is 85.2 Å². The van der Waals surface area contributed by atoms with Crippen molar-refractivity contribution in [1.82, 2.24) is 9.29 Å². The Labute approximate surface area is 222 Å². The number of ketones is 1. The van der Waals surface area contributed by atoms with Gasteiger partial charge in [-0.25, -0.2) is 12.8 Å². The highest BCUT2D eigenvalue weighted by Gasteiger charge is 2.23. The molecule has 0 radical (unpaired) electrons. The van der Waals surface area contributed by atoms with Crippen LogP contribution in [0.15, 0.2) is 59.5 Å². The molecule has 1 aromatic heterocycles. The third-order valence-corrected chi connectivity index (χ3v) is 8.56. The first-order chi connectivity index (χ1) is 17.2. The number of nitrogens with one attached hydrogen (secondary N) is 1. The van der Waals surface area contributed by atoms with E-state index in [9.17, 15) is 22.4 Å². The molecule has 0 saturated carbocycles. The molecule has 6 nitrogen and oxygen atoms in total. The van der Waals surface area contributed by atoms with Gasteiger partial charge in [0.15, 0.2) is 15.6 Å². The molecular formula is C28H33FN2O4S2. The van der Waals surface area contributed by atoms with E-state index in [0.717, 1.165) is 0 Å². The van der Waals surface area contributed by atoms with Gasteiger partial charge < -0.3 is 4.57 Å². The smallest absolute Gasteiger partial charge is 0.250 e. The number of rotatable bonds is 9. The van der Waals surface area contributed by atoms with E-state index >= 15 is 0 Å². The fraction of sp³-hybridized carbons (Fsp3) is 0.357. The molecule has 0 fully saturated rings. The Morgan fingerprint density at radius 2 is 1.73 bits per heavy atom. The second kappa shape index (κ2) is 11.3. The summed E-state index contributed by atoms with van der Waals surface area (Å²) in [6.07, 6.45) is 1.67. The van der Waals surface area contributed by atoms with Crippen molar-refractivity contribution in [2.75, 3.05) is 5.75 Å². The van der Waals surface area contributed by atoms with E-state index in [1.165, 1.54) is 46.8 Å². The van der Waals surface area contributed by atoms with Crippen molar-refractivity contribution in [3.63, 3.8) is 0 Å². The Hall–Kier alpha value is -2.75. The van der Waals surface area contributed by atoms with Crippen LogP contribution in [0.2, 0.25) is 0 Å². The van der Waals surface area contributed by atoms with Crippen LogP contribution < -0.4 is 10.3 Å². The lowest BCUT2D eigenvalue weighted by Crippen LogP contribution is -2.24. The van der Waals surface area contributed by atoms with Crippen LogP contribution in [0.4, 0.5) is 4.39 Å². The first kappa shape index (κ1) is 28.8. The molecule has 3 aromatic rings. The summed E-state index contributed by atoms with van der Waals surface area (Å²) < 4.78 is 43.0. The van der Waals surface area contributed by atoms with Crippen LogP contribution in [0, 0.1) is 5.82 Å². The predicted molar refractivity (Wildman–Crippen MR) is 149 cm³/mol. The van der Waals surface area contributed by atoms with Crippen molar-refractivity contribution in [1.29, 1.82) is 0 Å². The first-order valence-electron chi connectivity index (χ1n) is 12.0. The van der Waals surface area contributed by atoms with E-state index in [-0.39, 0.29) is 33.6 Å². The van der Waals surface area contributed by atoms with E-state index < -0.39 is 15.7 Å². The molecular weight excluding hydrogens is 511 g/mol. The summed E-state index contributed by atoms with van der Waals surface area (Å²) in [4.78, 5) is 26.2. The second-order valence-electron chi connectivity index (χ2n) is 10.0. The van der Waals surface area contributed by atoms with Gasteiger partial charge in [-0.15, -0.1) is 0 Å². The summed E-state index contributed by atoms with van der Waals surface area (Å²) in [6.45, 7) is 9.73. The van der Waals surface area contributed by atoms with Crippen LogP contribution in [0.1, 0.15) is 67.7 Å². The number of carbonyl (C=O) groups is 1. The highest BCUT2D eigenvalue weighted by Crippen LogP contribution is 2.34. The molecule has 0 aliphatic rings. The molecule has 0 bridgehead atoms. The van der Waals surface area contributed by atoms with Crippen molar-refractivity contribution in [2.45, 2.75) is 51.2 Å². The SMILES string of the molecule is CCS(=O)(=O)Cc1ccc(C(=O)c2ccc(F)cc2)c(-c2cn(C)c(=O)cc2[C@H](C)NSC(C)(C)C)c1. The van der Waals surface area contributed by atoms with Crippen molar-refractivity contribution >= 4 is 27.6 Å². The lowest BCUT2D eigenvalue weighted by atomic mass is 9.89. The van der Waals surface area contributed by atoms with Gasteiger partial charge in [-0.2, -0.15) is 0 Å². The molecule has 2 aromatic carbocycles. The summed E-state index contributed by atoms with van der Waals surface area (Å²) in [5.41, 5.74) is 2.80. The Bertz CT molecular complexity index is 1460. The number of halogens is 1. The first-order valence-corrected chi connectivity index (χ1v) is 14.6. The predicted octanol–water partition coefficient (Wildman–Crippen LogP) is 5.45. The van der Waals surface area contributed by atoms with E-state index in [0.29, 0.717) is 33.4 Å². The van der Waals surface area contributed by atoms with Gasteiger partial charge in [0, 0.05) is 52.5 Å². The fourth-order valence-electron chi connectivity index (χ4n) is 3.77. The number of pyridine rings is 1. The van der Waals surface area contributed by atoms with E-state index in [1.54, 1.807) is 38.4 Å². The summed E-state index contributed by atoms with van der Waals surface area (Å²) in [6, 6.07) is 11.5. The molecule has 9 heteroatoms. The molecule has 0 unspecified atom stereocenters. The quantitative estimate of drug-likeness (QED) is 0.285. The largest absolute Gasteiger partial charge is 0.318 e. The molecule has 0 saturated heterocycles. The Morgan fingerprint density at radius 1 is 1.08 bits per heavy atom. The third kappa shape index (κ3) is 7.40. The molecule has 37 heavy (non-hydrogen) atoms. The molecule has 3 rings (SSSR count). The molecule has 1 heterocycles. The van der Waals surface area contributed by atoms with Crippen LogP contribution in [-0.4, -0.2) is 29.3 Å². The van der Waals surface area contributed by atoms with Gasteiger partial charge in [-0.3, -0.25) is 14.3 Å². The Balaban J connectivity index is 2.24. The van der Waals surface area contributed by atoms with Gasteiger partial charge in [0.25, 0.3) is 5.56 Å². The van der Waals surface area contributed by atoms with Gasteiger partial charge in [-0.1, -0.05) is 31.0 Å². The lowest BCUT2D eigenvalue weighted by Gasteiger charge is -2.24. The summed E-state index contributed by atoms with van der Waals surface area (Å²) in [5, 5.41) is 0. The molecule has 1 atom stereocenters. The third-order valence-electron chi connectivity index (χ3n) is 5.82. The van der Waals surface area contributed by atoms with Gasteiger partial charge in [0.1, 0.15) is 5.82 Å². The van der Waals surface area contributed by atoms with Crippen LogP contribution in [0.25, 0.3) is 11.1 Å². The summed E-state index contributed by atoms with van der Waals surface area (Å²) in [7, 11) is -1.70. The van der Waals surface area contributed by atoms with E-state index in [1.807, 2.05) is 6.92 Å². The van der Waals surface area contributed by atoms with Crippen molar-refractivity contribution in [3.05, 3.63) is 93.2 Å². The Morgan fingerprint density at radius 3 is 2.32 bits per heavy atom. The minimum Gasteiger partial charge on any atom is -0.318 e. The zero-order chi connectivity index (χ0) is 27.5. The zero-order valence-electron chi connectivity index (χ0n) is 22.0. The van der Waals surface area contributed by atoms with Crippen LogP contribution >= 0.6 is 11.9 Å². The van der Waals surface area contributed by atoms with Crippen LogP contribution in [0.3, 0.4) is 0 Å². The van der Waals surface area contributed by atoms with Crippen molar-refractivity contribution < 1.29 is 17.6 Å². The summed E-state index contributed by atoms with van der Waals surface area (Å²) >= 11 is 1.53. The molecule has 0 amide bonds. The van der Waals surface area contributed by atoms with Crippen LogP contribution in [-0.2, 0) is 22.6 Å². The van der Waals surface area contributed by atoms with E-state index in [4.69, 9.17) is 0 Å². The molecule has 0 spiro atoms. The van der Waals surface area contributed by atoms with Crippen molar-refractivity contribution in [3.8, 4) is 11.1 Å². The maximum Gasteiger partial charge on any atom is 0.250 e. The average molecular weight is 545 g/mol. The van der Waals surface area contributed by atoms with Gasteiger partial charge in [0.05, 0.1) is 5.75 Å². The Kier molecular flexibility index (Phi) is 8.82. The lowest BCUT2D eigenvalue weighted by molar-refractivity contribution is 0.103.